The lowest BCUT2D eigenvalue weighted by molar-refractivity contribution is -0.883. The van der Waals surface area contributed by atoms with Gasteiger partial charge in [0.1, 0.15) is 19.8 Å². The molecule has 0 bridgehead atoms. The Bertz CT molecular complexity index is 637. The highest BCUT2D eigenvalue weighted by atomic mass is 79.9. The molecule has 0 aliphatic rings. The van der Waals surface area contributed by atoms with Crippen molar-refractivity contribution in [3.8, 4) is 0 Å². The standard InChI is InChI=1S/C34H67N2O6.BrH/c1-5-7-9-11-13-15-17-19-21-23-33(39)41-29-25-35(32(38)31-36(3,4)27-28-37)26-30-42-34(40)24-22-20-18-16-14-12-10-8-6-2;/h37H,5-31H2,1-4H3;1H/q+1;/p-1. The maximum atomic E-state index is 13.0. The van der Waals surface area contributed by atoms with Gasteiger partial charge < -0.3 is 40.9 Å². The molecule has 0 rings (SSSR count). The summed E-state index contributed by atoms with van der Waals surface area (Å²) in [6.45, 7) is 5.89. The Morgan fingerprint density at radius 1 is 0.605 bits per heavy atom. The van der Waals surface area contributed by atoms with Gasteiger partial charge >= 0.3 is 11.9 Å². The number of esters is 2. The van der Waals surface area contributed by atoms with E-state index in [1.807, 2.05) is 14.1 Å². The molecule has 0 fully saturated rings. The Morgan fingerprint density at radius 2 is 0.953 bits per heavy atom. The minimum Gasteiger partial charge on any atom is -1.00 e. The number of amides is 1. The summed E-state index contributed by atoms with van der Waals surface area (Å²) in [6, 6.07) is 0. The number of hydrogen-bond acceptors (Lipinski definition) is 6. The molecule has 0 spiro atoms. The van der Waals surface area contributed by atoms with E-state index in [-0.39, 0.29) is 74.3 Å². The highest BCUT2D eigenvalue weighted by Crippen LogP contribution is 2.12. The quantitative estimate of drug-likeness (QED) is 0.0706. The van der Waals surface area contributed by atoms with Gasteiger partial charge in [-0.25, -0.2) is 0 Å². The minimum absolute atomic E-state index is 0. The van der Waals surface area contributed by atoms with Crippen LogP contribution >= 0.6 is 0 Å². The van der Waals surface area contributed by atoms with Crippen LogP contribution in [0.3, 0.4) is 0 Å². The minimum atomic E-state index is -0.228. The highest BCUT2D eigenvalue weighted by Gasteiger charge is 2.24. The van der Waals surface area contributed by atoms with E-state index in [4.69, 9.17) is 9.47 Å². The summed E-state index contributed by atoms with van der Waals surface area (Å²) < 4.78 is 11.2. The van der Waals surface area contributed by atoms with Crippen molar-refractivity contribution in [1.82, 2.24) is 4.90 Å². The molecular weight excluding hydrogens is 612 g/mol. The molecule has 0 aliphatic heterocycles. The predicted octanol–water partition coefficient (Wildman–Crippen LogP) is 3.82. The van der Waals surface area contributed by atoms with Gasteiger partial charge in [0.25, 0.3) is 5.91 Å². The molecular formula is C34H67BrN2O6. The van der Waals surface area contributed by atoms with Crippen LogP contribution in [-0.4, -0.2) is 92.4 Å². The van der Waals surface area contributed by atoms with Crippen LogP contribution in [0.25, 0.3) is 0 Å². The van der Waals surface area contributed by atoms with Gasteiger partial charge in [-0.2, -0.15) is 0 Å². The molecule has 0 heterocycles. The molecule has 0 saturated heterocycles. The van der Waals surface area contributed by atoms with Gasteiger partial charge in [-0.1, -0.05) is 117 Å². The maximum Gasteiger partial charge on any atom is 0.305 e. The third-order valence-corrected chi connectivity index (χ3v) is 7.84. The molecule has 0 saturated carbocycles. The summed E-state index contributed by atoms with van der Waals surface area (Å²) in [6.07, 6.45) is 22.3. The fraction of sp³-hybridized carbons (Fsp3) is 0.912. The van der Waals surface area contributed by atoms with Crippen molar-refractivity contribution < 1.29 is 50.4 Å². The number of nitrogens with zero attached hydrogens (tertiary/aromatic N) is 2. The number of ether oxygens (including phenoxy) is 2. The predicted molar refractivity (Wildman–Crippen MR) is 171 cm³/mol. The molecule has 0 aliphatic carbocycles. The number of aliphatic hydroxyl groups excluding tert-OH is 1. The van der Waals surface area contributed by atoms with Crippen molar-refractivity contribution in [2.45, 2.75) is 142 Å². The van der Waals surface area contributed by atoms with Crippen LogP contribution in [0.4, 0.5) is 0 Å². The topological polar surface area (TPSA) is 93.1 Å². The first-order valence-electron chi connectivity index (χ1n) is 17.3. The van der Waals surface area contributed by atoms with E-state index in [0.29, 0.717) is 23.9 Å². The van der Waals surface area contributed by atoms with Crippen LogP contribution in [0.5, 0.6) is 0 Å². The Labute approximate surface area is 275 Å². The van der Waals surface area contributed by atoms with Crippen LogP contribution < -0.4 is 17.0 Å². The first-order valence-corrected chi connectivity index (χ1v) is 17.3. The summed E-state index contributed by atoms with van der Waals surface area (Å²) in [7, 11) is 3.78. The molecule has 0 atom stereocenters. The third-order valence-electron chi connectivity index (χ3n) is 7.84. The summed E-state index contributed by atoms with van der Waals surface area (Å²) in [5.41, 5.74) is 0. The van der Waals surface area contributed by atoms with Crippen LogP contribution in [-0.2, 0) is 23.9 Å². The first kappa shape index (κ1) is 43.9. The van der Waals surface area contributed by atoms with Crippen molar-refractivity contribution >= 4 is 17.8 Å². The van der Waals surface area contributed by atoms with Gasteiger partial charge in [0.2, 0.25) is 0 Å². The molecule has 0 aromatic carbocycles. The second-order valence-electron chi connectivity index (χ2n) is 12.5. The smallest absolute Gasteiger partial charge is 0.305 e. The van der Waals surface area contributed by atoms with Crippen LogP contribution in [0.1, 0.15) is 142 Å². The number of quaternary nitrogens is 1. The second kappa shape index (κ2) is 30.8. The molecule has 0 aromatic rings. The van der Waals surface area contributed by atoms with E-state index in [2.05, 4.69) is 13.8 Å². The SMILES string of the molecule is CCCCCCCCCCCC(=O)OCCN(CCOC(=O)CCCCCCCCCCC)C(=O)C[N+](C)(C)CCO.[Br-]. The number of unbranched alkanes of at least 4 members (excludes halogenated alkanes) is 16. The lowest BCUT2D eigenvalue weighted by Gasteiger charge is -2.31. The highest BCUT2D eigenvalue weighted by molar-refractivity contribution is 5.77. The zero-order chi connectivity index (χ0) is 31.3. The fourth-order valence-corrected chi connectivity index (χ4v) is 5.02. The number of aliphatic hydroxyl groups is 1. The zero-order valence-corrected chi connectivity index (χ0v) is 29.9. The molecule has 9 heteroatoms. The summed E-state index contributed by atoms with van der Waals surface area (Å²) in [4.78, 5) is 39.1. The molecule has 1 amide bonds. The number of halogens is 1. The molecule has 1 N–H and O–H groups in total. The van der Waals surface area contributed by atoms with Crippen molar-refractivity contribution in [1.29, 1.82) is 0 Å². The van der Waals surface area contributed by atoms with E-state index >= 15 is 0 Å². The van der Waals surface area contributed by atoms with Gasteiger partial charge in [0, 0.05) is 12.8 Å². The first-order chi connectivity index (χ1) is 20.3. The van der Waals surface area contributed by atoms with E-state index in [9.17, 15) is 19.5 Å². The molecule has 0 aromatic heterocycles. The Kier molecular flexibility index (Phi) is 31.5. The molecule has 43 heavy (non-hydrogen) atoms. The van der Waals surface area contributed by atoms with Crippen LogP contribution in [0, 0.1) is 0 Å². The largest absolute Gasteiger partial charge is 1.00 e. The van der Waals surface area contributed by atoms with E-state index < -0.39 is 0 Å². The summed E-state index contributed by atoms with van der Waals surface area (Å²) in [5, 5.41) is 9.33. The number of carbonyl (C=O) groups is 3. The van der Waals surface area contributed by atoms with Gasteiger partial charge in [-0.05, 0) is 12.8 Å². The number of rotatable bonds is 30. The van der Waals surface area contributed by atoms with Crippen molar-refractivity contribution in [3.05, 3.63) is 0 Å². The lowest BCUT2D eigenvalue weighted by atomic mass is 10.1. The molecule has 8 nitrogen and oxygen atoms in total. The van der Waals surface area contributed by atoms with Crippen LogP contribution in [0.2, 0.25) is 0 Å². The number of likely N-dealkylation sites (N-methyl/N-ethyl adjacent to an activating group) is 1. The molecule has 0 unspecified atom stereocenters. The molecule has 256 valence electrons. The average molecular weight is 680 g/mol. The third kappa shape index (κ3) is 29.3. The summed E-state index contributed by atoms with van der Waals surface area (Å²) in [5.74, 6) is -0.568. The number of carbonyl (C=O) groups excluding carboxylic acids is 3. The van der Waals surface area contributed by atoms with Crippen molar-refractivity contribution in [3.63, 3.8) is 0 Å². The van der Waals surface area contributed by atoms with E-state index in [1.165, 1.54) is 77.0 Å². The average Bonchev–Trinajstić information content (AvgIpc) is 2.94. The molecule has 0 radical (unpaired) electrons. The summed E-state index contributed by atoms with van der Waals surface area (Å²) >= 11 is 0. The van der Waals surface area contributed by atoms with Gasteiger partial charge in [0.15, 0.2) is 6.54 Å². The van der Waals surface area contributed by atoms with Crippen LogP contribution in [0.15, 0.2) is 0 Å². The fourth-order valence-electron chi connectivity index (χ4n) is 5.02. The van der Waals surface area contributed by atoms with Gasteiger partial charge in [-0.15, -0.1) is 0 Å². The lowest BCUT2D eigenvalue weighted by Crippen LogP contribution is -3.00. The number of hydrogen-bond donors (Lipinski definition) is 1. The van der Waals surface area contributed by atoms with Crippen molar-refractivity contribution in [2.24, 2.45) is 0 Å². The second-order valence-corrected chi connectivity index (χ2v) is 12.5. The monoisotopic (exact) mass is 678 g/mol. The maximum absolute atomic E-state index is 13.0. The Hall–Kier alpha value is -1.19. The van der Waals surface area contributed by atoms with E-state index in [0.717, 1.165) is 38.5 Å². The van der Waals surface area contributed by atoms with Crippen molar-refractivity contribution in [2.75, 3.05) is 60.1 Å². The zero-order valence-electron chi connectivity index (χ0n) is 28.4. The van der Waals surface area contributed by atoms with Gasteiger partial charge in [-0.3, -0.25) is 14.4 Å². The normalized spacial score (nSPS) is 11.2. The van der Waals surface area contributed by atoms with Gasteiger partial charge in [0.05, 0.1) is 33.8 Å². The Balaban J connectivity index is 0. The Morgan fingerprint density at radius 3 is 1.30 bits per heavy atom. The van der Waals surface area contributed by atoms with E-state index in [1.54, 1.807) is 4.90 Å².